The average molecular weight is 294 g/mol. The Morgan fingerprint density at radius 3 is 2.75 bits per heavy atom. The van der Waals surface area contributed by atoms with Crippen LogP contribution < -0.4 is 15.8 Å². The van der Waals surface area contributed by atoms with Gasteiger partial charge in [-0.15, -0.1) is 0 Å². The maximum Gasteiger partial charge on any atom is 0.251 e. The summed E-state index contributed by atoms with van der Waals surface area (Å²) >= 11 is 4.98. The van der Waals surface area contributed by atoms with Crippen molar-refractivity contribution in [2.24, 2.45) is 11.1 Å². The van der Waals surface area contributed by atoms with E-state index in [0.717, 1.165) is 6.42 Å². The van der Waals surface area contributed by atoms with Crippen LogP contribution in [0.1, 0.15) is 37.6 Å². The molecular formula is C15H22N2O2S. The van der Waals surface area contributed by atoms with E-state index in [1.165, 1.54) is 0 Å². The van der Waals surface area contributed by atoms with E-state index in [1.54, 1.807) is 18.2 Å². The molecule has 3 N–H and O–H groups in total. The van der Waals surface area contributed by atoms with Crippen LogP contribution in [0, 0.1) is 5.41 Å². The van der Waals surface area contributed by atoms with Crippen LogP contribution in [0.5, 0.6) is 5.75 Å². The third-order valence-electron chi connectivity index (χ3n) is 2.93. The smallest absolute Gasteiger partial charge is 0.251 e. The molecule has 0 saturated carbocycles. The molecule has 0 fully saturated rings. The quantitative estimate of drug-likeness (QED) is 0.758. The molecule has 20 heavy (non-hydrogen) atoms. The lowest BCUT2D eigenvalue weighted by molar-refractivity contribution is 0.0944. The maximum atomic E-state index is 12.1. The van der Waals surface area contributed by atoms with Gasteiger partial charge in [0.05, 0.1) is 11.6 Å². The fraction of sp³-hybridized carbons (Fsp3) is 0.467. The zero-order valence-corrected chi connectivity index (χ0v) is 13.0. The molecule has 0 saturated heterocycles. The molecule has 0 heterocycles. The van der Waals surface area contributed by atoms with Gasteiger partial charge in [-0.3, -0.25) is 4.79 Å². The van der Waals surface area contributed by atoms with E-state index in [2.05, 4.69) is 5.32 Å². The SMILES string of the molecule is CCCOc1cccc(C(=O)NCC(C)(C)C(N)=S)c1. The third-order valence-corrected chi connectivity index (χ3v) is 3.48. The Balaban J connectivity index is 2.66. The second-order valence-corrected chi connectivity index (χ2v) is 5.75. The molecule has 0 aromatic heterocycles. The number of amides is 1. The number of nitrogens with two attached hydrogens (primary N) is 1. The van der Waals surface area contributed by atoms with Crippen molar-refractivity contribution in [1.82, 2.24) is 5.32 Å². The van der Waals surface area contributed by atoms with Gasteiger partial charge in [-0.2, -0.15) is 0 Å². The van der Waals surface area contributed by atoms with Gasteiger partial charge in [0.15, 0.2) is 0 Å². The van der Waals surface area contributed by atoms with Crippen molar-refractivity contribution < 1.29 is 9.53 Å². The van der Waals surface area contributed by atoms with Crippen molar-refractivity contribution in [2.75, 3.05) is 13.2 Å². The minimum Gasteiger partial charge on any atom is -0.494 e. The molecule has 0 bridgehead atoms. The van der Waals surface area contributed by atoms with Gasteiger partial charge in [-0.05, 0) is 24.6 Å². The lowest BCUT2D eigenvalue weighted by Gasteiger charge is -2.23. The largest absolute Gasteiger partial charge is 0.494 e. The zero-order chi connectivity index (χ0) is 15.2. The summed E-state index contributed by atoms with van der Waals surface area (Å²) in [6, 6.07) is 7.13. The summed E-state index contributed by atoms with van der Waals surface area (Å²) in [5.74, 6) is 0.546. The predicted octanol–water partition coefficient (Wildman–Crippen LogP) is 2.52. The standard InChI is InChI=1S/C15H22N2O2S/c1-4-8-19-12-7-5-6-11(9-12)13(18)17-10-15(2,3)14(16)20/h5-7,9H,4,8,10H2,1-3H3,(H2,16,20)(H,17,18). The maximum absolute atomic E-state index is 12.1. The number of hydrogen-bond donors (Lipinski definition) is 2. The predicted molar refractivity (Wildman–Crippen MR) is 85.1 cm³/mol. The van der Waals surface area contributed by atoms with Crippen LogP contribution in [0.4, 0.5) is 0 Å². The highest BCUT2D eigenvalue weighted by molar-refractivity contribution is 7.80. The van der Waals surface area contributed by atoms with Gasteiger partial charge in [0, 0.05) is 17.5 Å². The van der Waals surface area contributed by atoms with Crippen LogP contribution in [-0.4, -0.2) is 24.0 Å². The second kappa shape index (κ2) is 7.24. The summed E-state index contributed by atoms with van der Waals surface area (Å²) in [6.07, 6.45) is 0.929. The zero-order valence-electron chi connectivity index (χ0n) is 12.2. The van der Waals surface area contributed by atoms with E-state index >= 15 is 0 Å². The van der Waals surface area contributed by atoms with Crippen molar-refractivity contribution in [1.29, 1.82) is 0 Å². The van der Waals surface area contributed by atoms with Crippen molar-refractivity contribution in [3.05, 3.63) is 29.8 Å². The van der Waals surface area contributed by atoms with E-state index in [0.29, 0.717) is 29.5 Å². The van der Waals surface area contributed by atoms with Gasteiger partial charge in [-0.1, -0.05) is 39.1 Å². The molecule has 1 aromatic rings. The summed E-state index contributed by atoms with van der Waals surface area (Å²) in [4.78, 5) is 12.5. The molecule has 1 rings (SSSR count). The van der Waals surface area contributed by atoms with Crippen molar-refractivity contribution in [3.63, 3.8) is 0 Å². The van der Waals surface area contributed by atoms with E-state index in [4.69, 9.17) is 22.7 Å². The first kappa shape index (κ1) is 16.4. The Bertz CT molecular complexity index is 487. The molecule has 1 aromatic carbocycles. The Labute approximate surface area is 125 Å². The highest BCUT2D eigenvalue weighted by Crippen LogP contribution is 2.16. The molecule has 1 amide bonds. The fourth-order valence-electron chi connectivity index (χ4n) is 1.44. The number of benzene rings is 1. The summed E-state index contributed by atoms with van der Waals surface area (Å²) < 4.78 is 5.51. The Morgan fingerprint density at radius 2 is 2.15 bits per heavy atom. The minimum atomic E-state index is -0.401. The number of carbonyl (C=O) groups is 1. The van der Waals surface area contributed by atoms with Crippen molar-refractivity contribution in [2.45, 2.75) is 27.2 Å². The Kier molecular flexibility index (Phi) is 5.95. The monoisotopic (exact) mass is 294 g/mol. The van der Waals surface area contributed by atoms with E-state index in [9.17, 15) is 4.79 Å². The third kappa shape index (κ3) is 4.81. The molecule has 0 atom stereocenters. The normalized spacial score (nSPS) is 10.9. The van der Waals surface area contributed by atoms with E-state index in [-0.39, 0.29) is 5.91 Å². The molecule has 0 radical (unpaired) electrons. The number of carbonyl (C=O) groups excluding carboxylic acids is 1. The highest BCUT2D eigenvalue weighted by Gasteiger charge is 2.22. The molecule has 0 aliphatic rings. The van der Waals surface area contributed by atoms with Crippen LogP contribution in [0.3, 0.4) is 0 Å². The van der Waals surface area contributed by atoms with Gasteiger partial charge in [0.1, 0.15) is 5.75 Å². The van der Waals surface area contributed by atoms with Gasteiger partial charge in [0.25, 0.3) is 5.91 Å². The molecule has 0 aliphatic carbocycles. The highest BCUT2D eigenvalue weighted by atomic mass is 32.1. The fourth-order valence-corrected chi connectivity index (χ4v) is 1.51. The number of rotatable bonds is 7. The first-order valence-electron chi connectivity index (χ1n) is 6.68. The van der Waals surface area contributed by atoms with Gasteiger partial charge < -0.3 is 15.8 Å². The van der Waals surface area contributed by atoms with E-state index in [1.807, 2.05) is 26.8 Å². The number of hydrogen-bond acceptors (Lipinski definition) is 3. The molecule has 0 spiro atoms. The van der Waals surface area contributed by atoms with Crippen LogP contribution in [0.25, 0.3) is 0 Å². The molecular weight excluding hydrogens is 272 g/mol. The van der Waals surface area contributed by atoms with Crippen LogP contribution in [0.2, 0.25) is 0 Å². The van der Waals surface area contributed by atoms with Gasteiger partial charge >= 0.3 is 0 Å². The average Bonchev–Trinajstić information content (AvgIpc) is 2.42. The van der Waals surface area contributed by atoms with E-state index < -0.39 is 5.41 Å². The van der Waals surface area contributed by atoms with Gasteiger partial charge in [-0.25, -0.2) is 0 Å². The summed E-state index contributed by atoms with van der Waals surface area (Å²) in [5.41, 5.74) is 5.80. The Hall–Kier alpha value is -1.62. The molecule has 4 nitrogen and oxygen atoms in total. The topological polar surface area (TPSA) is 64.3 Å². The van der Waals surface area contributed by atoms with Crippen molar-refractivity contribution in [3.8, 4) is 5.75 Å². The van der Waals surface area contributed by atoms with Crippen LogP contribution in [0.15, 0.2) is 24.3 Å². The molecule has 5 heteroatoms. The Morgan fingerprint density at radius 1 is 1.45 bits per heavy atom. The van der Waals surface area contributed by atoms with Crippen LogP contribution >= 0.6 is 12.2 Å². The molecule has 0 unspecified atom stereocenters. The van der Waals surface area contributed by atoms with Crippen molar-refractivity contribution >= 4 is 23.1 Å². The van der Waals surface area contributed by atoms with Gasteiger partial charge in [0.2, 0.25) is 0 Å². The minimum absolute atomic E-state index is 0.156. The first-order valence-corrected chi connectivity index (χ1v) is 7.08. The summed E-state index contributed by atoms with van der Waals surface area (Å²) in [6.45, 7) is 6.88. The second-order valence-electron chi connectivity index (χ2n) is 5.31. The number of thiocarbonyl (C=S) groups is 1. The number of ether oxygens (including phenoxy) is 1. The van der Waals surface area contributed by atoms with Crippen LogP contribution in [-0.2, 0) is 0 Å². The first-order chi connectivity index (χ1) is 9.36. The number of nitrogens with one attached hydrogen (secondary N) is 1. The molecule has 110 valence electrons. The lowest BCUT2D eigenvalue weighted by Crippen LogP contribution is -2.41. The summed E-state index contributed by atoms with van der Waals surface area (Å²) in [5, 5.41) is 2.84. The summed E-state index contributed by atoms with van der Waals surface area (Å²) in [7, 11) is 0. The molecule has 0 aliphatic heterocycles. The lowest BCUT2D eigenvalue weighted by atomic mass is 9.93.